The number of sulfonamides is 1. The van der Waals surface area contributed by atoms with Gasteiger partial charge in [-0.2, -0.15) is 0 Å². The maximum Gasteiger partial charge on any atom is 0.238 e. The van der Waals surface area contributed by atoms with Crippen molar-refractivity contribution in [3.8, 4) is 0 Å². The van der Waals surface area contributed by atoms with Crippen molar-refractivity contribution >= 4 is 33.2 Å². The van der Waals surface area contributed by atoms with Crippen molar-refractivity contribution in [2.75, 3.05) is 38.0 Å². The minimum atomic E-state index is -3.84. The molecule has 0 spiro atoms. The minimum absolute atomic E-state index is 0.0915. The van der Waals surface area contributed by atoms with Crippen LogP contribution in [0.2, 0.25) is 5.02 Å². The van der Waals surface area contributed by atoms with Crippen LogP contribution in [0.5, 0.6) is 0 Å². The first kappa shape index (κ1) is 17.2. The summed E-state index contributed by atoms with van der Waals surface area (Å²) in [6.07, 6.45) is 0.981. The van der Waals surface area contributed by atoms with E-state index in [0.29, 0.717) is 0 Å². The number of primary sulfonamides is 1. The van der Waals surface area contributed by atoms with Crippen LogP contribution in [0.1, 0.15) is 6.42 Å². The van der Waals surface area contributed by atoms with E-state index in [1.807, 2.05) is 4.90 Å². The molecule has 0 radical (unpaired) electrons. The number of halogens is 1. The van der Waals surface area contributed by atoms with Crippen molar-refractivity contribution in [1.82, 2.24) is 10.2 Å². The molecule has 0 unspecified atom stereocenters. The number of hydrogen-bond acceptors (Lipinski definition) is 5. The second-order valence-electron chi connectivity index (χ2n) is 5.11. The molecular formula is C13H19ClN4O3S. The molecule has 2 rings (SSSR count). The van der Waals surface area contributed by atoms with E-state index in [0.717, 1.165) is 32.6 Å². The van der Waals surface area contributed by atoms with Gasteiger partial charge in [-0.25, -0.2) is 13.6 Å². The van der Waals surface area contributed by atoms with Gasteiger partial charge in [0.15, 0.2) is 0 Å². The zero-order valence-corrected chi connectivity index (χ0v) is 13.6. The van der Waals surface area contributed by atoms with E-state index in [-0.39, 0.29) is 28.1 Å². The van der Waals surface area contributed by atoms with E-state index in [1.165, 1.54) is 18.2 Å². The lowest BCUT2D eigenvalue weighted by atomic mass is 10.3. The van der Waals surface area contributed by atoms with Crippen molar-refractivity contribution in [2.45, 2.75) is 11.3 Å². The van der Waals surface area contributed by atoms with Crippen LogP contribution in [0, 0.1) is 0 Å². The summed E-state index contributed by atoms with van der Waals surface area (Å²) in [7, 11) is -3.84. The summed E-state index contributed by atoms with van der Waals surface area (Å²) < 4.78 is 22.7. The molecule has 0 saturated carbocycles. The van der Waals surface area contributed by atoms with Gasteiger partial charge < -0.3 is 10.6 Å². The number of anilines is 1. The fourth-order valence-electron chi connectivity index (χ4n) is 2.23. The number of carbonyl (C=O) groups is 1. The van der Waals surface area contributed by atoms with Crippen molar-refractivity contribution in [2.24, 2.45) is 5.14 Å². The SMILES string of the molecule is NS(=O)(=O)c1ccc(Cl)c(NC(=O)CN2CCCNCC2)c1. The van der Waals surface area contributed by atoms with E-state index in [4.69, 9.17) is 16.7 Å². The second-order valence-corrected chi connectivity index (χ2v) is 7.08. The van der Waals surface area contributed by atoms with Gasteiger partial charge in [-0.05, 0) is 37.7 Å². The Hall–Kier alpha value is -1.19. The summed E-state index contributed by atoms with van der Waals surface area (Å²) >= 11 is 5.99. The standard InChI is InChI=1S/C13H19ClN4O3S/c14-11-3-2-10(22(15,20)21)8-12(11)17-13(19)9-18-6-1-4-16-5-7-18/h2-3,8,16H,1,4-7,9H2,(H,17,19)(H2,15,20,21). The zero-order chi connectivity index (χ0) is 16.2. The topological polar surface area (TPSA) is 105 Å². The highest BCUT2D eigenvalue weighted by atomic mass is 35.5. The van der Waals surface area contributed by atoms with Gasteiger partial charge in [-0.3, -0.25) is 9.69 Å². The van der Waals surface area contributed by atoms with Gasteiger partial charge in [-0.15, -0.1) is 0 Å². The first-order chi connectivity index (χ1) is 10.4. The van der Waals surface area contributed by atoms with Gasteiger partial charge >= 0.3 is 0 Å². The lowest BCUT2D eigenvalue weighted by Crippen LogP contribution is -2.35. The summed E-state index contributed by atoms with van der Waals surface area (Å²) in [5, 5.41) is 11.2. The molecule has 7 nitrogen and oxygen atoms in total. The Kier molecular flexibility index (Phi) is 5.76. The third kappa shape index (κ3) is 4.92. The average molecular weight is 347 g/mol. The zero-order valence-electron chi connectivity index (χ0n) is 12.0. The molecule has 9 heteroatoms. The largest absolute Gasteiger partial charge is 0.324 e. The molecule has 4 N–H and O–H groups in total. The lowest BCUT2D eigenvalue weighted by Gasteiger charge is -2.19. The third-order valence-electron chi connectivity index (χ3n) is 3.34. The lowest BCUT2D eigenvalue weighted by molar-refractivity contribution is -0.117. The Morgan fingerprint density at radius 2 is 2.14 bits per heavy atom. The van der Waals surface area contributed by atoms with E-state index < -0.39 is 10.0 Å². The fourth-order valence-corrected chi connectivity index (χ4v) is 2.93. The first-order valence-corrected chi connectivity index (χ1v) is 8.84. The highest BCUT2D eigenvalue weighted by Crippen LogP contribution is 2.24. The summed E-state index contributed by atoms with van der Waals surface area (Å²) in [6.45, 7) is 3.65. The molecule has 1 aromatic rings. The van der Waals surface area contributed by atoms with Gasteiger partial charge in [0.2, 0.25) is 15.9 Å². The summed E-state index contributed by atoms with van der Waals surface area (Å²) in [5.41, 5.74) is 0.242. The van der Waals surface area contributed by atoms with Gasteiger partial charge in [0.25, 0.3) is 0 Å². The van der Waals surface area contributed by atoms with Crippen LogP contribution in [0.15, 0.2) is 23.1 Å². The van der Waals surface area contributed by atoms with Crippen LogP contribution < -0.4 is 15.8 Å². The first-order valence-electron chi connectivity index (χ1n) is 6.91. The number of amides is 1. The number of carbonyl (C=O) groups excluding carboxylic acids is 1. The molecule has 1 aliphatic heterocycles. The molecule has 1 amide bonds. The molecule has 1 aromatic carbocycles. The summed E-state index contributed by atoms with van der Waals surface area (Å²) in [6, 6.07) is 3.96. The molecular weight excluding hydrogens is 328 g/mol. The molecule has 1 heterocycles. The highest BCUT2D eigenvalue weighted by Gasteiger charge is 2.15. The third-order valence-corrected chi connectivity index (χ3v) is 4.58. The van der Waals surface area contributed by atoms with Crippen molar-refractivity contribution in [3.63, 3.8) is 0 Å². The van der Waals surface area contributed by atoms with Gasteiger partial charge in [-0.1, -0.05) is 11.6 Å². The Labute approximate surface area is 134 Å². The number of benzene rings is 1. The van der Waals surface area contributed by atoms with Crippen LogP contribution in [-0.2, 0) is 14.8 Å². The monoisotopic (exact) mass is 346 g/mol. The predicted octanol–water partition coefficient (Wildman–Crippen LogP) is 0.221. The van der Waals surface area contributed by atoms with E-state index in [1.54, 1.807) is 0 Å². The molecule has 122 valence electrons. The highest BCUT2D eigenvalue weighted by molar-refractivity contribution is 7.89. The number of nitrogens with two attached hydrogens (primary N) is 1. The normalized spacial score (nSPS) is 17.0. The Bertz CT molecular complexity index is 643. The molecule has 1 saturated heterocycles. The Morgan fingerprint density at radius 3 is 2.86 bits per heavy atom. The Morgan fingerprint density at radius 1 is 1.36 bits per heavy atom. The quantitative estimate of drug-likeness (QED) is 0.723. The van der Waals surface area contributed by atoms with Crippen molar-refractivity contribution < 1.29 is 13.2 Å². The molecule has 0 aromatic heterocycles. The number of rotatable bonds is 4. The van der Waals surface area contributed by atoms with E-state index in [9.17, 15) is 13.2 Å². The van der Waals surface area contributed by atoms with Gasteiger partial charge in [0, 0.05) is 13.1 Å². The van der Waals surface area contributed by atoms with Crippen LogP contribution in [0.3, 0.4) is 0 Å². The summed E-state index contributed by atoms with van der Waals surface area (Å²) in [5.74, 6) is -0.240. The molecule has 1 aliphatic rings. The maximum atomic E-state index is 12.1. The van der Waals surface area contributed by atoms with E-state index in [2.05, 4.69) is 10.6 Å². The molecule has 0 atom stereocenters. The van der Waals surface area contributed by atoms with Gasteiger partial charge in [0.1, 0.15) is 0 Å². The average Bonchev–Trinajstić information content (AvgIpc) is 2.68. The molecule has 0 bridgehead atoms. The summed E-state index contributed by atoms with van der Waals surface area (Å²) in [4.78, 5) is 14.0. The Balaban J connectivity index is 2.04. The predicted molar refractivity (Wildman–Crippen MR) is 85.4 cm³/mol. The van der Waals surface area contributed by atoms with Crippen LogP contribution in [0.4, 0.5) is 5.69 Å². The maximum absolute atomic E-state index is 12.1. The fraction of sp³-hybridized carbons (Fsp3) is 0.462. The van der Waals surface area contributed by atoms with Crippen LogP contribution in [-0.4, -0.2) is 51.9 Å². The number of nitrogens with one attached hydrogen (secondary N) is 2. The van der Waals surface area contributed by atoms with Crippen LogP contribution >= 0.6 is 11.6 Å². The molecule has 0 aliphatic carbocycles. The van der Waals surface area contributed by atoms with Crippen LogP contribution in [0.25, 0.3) is 0 Å². The number of hydrogen-bond donors (Lipinski definition) is 3. The van der Waals surface area contributed by atoms with Crippen molar-refractivity contribution in [1.29, 1.82) is 0 Å². The van der Waals surface area contributed by atoms with Gasteiger partial charge in [0.05, 0.1) is 22.2 Å². The molecule has 22 heavy (non-hydrogen) atoms. The number of nitrogens with zero attached hydrogens (tertiary/aromatic N) is 1. The minimum Gasteiger partial charge on any atom is -0.324 e. The van der Waals surface area contributed by atoms with E-state index >= 15 is 0 Å². The smallest absolute Gasteiger partial charge is 0.238 e. The second kappa shape index (κ2) is 7.38. The molecule has 1 fully saturated rings. The van der Waals surface area contributed by atoms with Crippen molar-refractivity contribution in [3.05, 3.63) is 23.2 Å².